The maximum absolute atomic E-state index is 14.6. The van der Waals surface area contributed by atoms with Crippen molar-refractivity contribution in [3.8, 4) is 11.1 Å². The Balaban J connectivity index is 1.99. The molecule has 5 nitrogen and oxygen atoms in total. The van der Waals surface area contributed by atoms with Crippen molar-refractivity contribution in [3.63, 3.8) is 0 Å². The van der Waals surface area contributed by atoms with Crippen LogP contribution < -0.4 is 10.2 Å². The van der Waals surface area contributed by atoms with Crippen LogP contribution in [-0.4, -0.2) is 30.0 Å². The van der Waals surface area contributed by atoms with E-state index in [1.165, 1.54) is 12.1 Å². The average Bonchev–Trinajstić information content (AvgIpc) is 2.98. The summed E-state index contributed by atoms with van der Waals surface area (Å²) in [5.41, 5.74) is 0.713. The first kappa shape index (κ1) is 17.0. The molecule has 25 heavy (non-hydrogen) atoms. The van der Waals surface area contributed by atoms with Crippen molar-refractivity contribution >= 4 is 18.0 Å². The van der Waals surface area contributed by atoms with Crippen molar-refractivity contribution in [3.05, 3.63) is 53.6 Å². The molecule has 0 bridgehead atoms. The van der Waals surface area contributed by atoms with Crippen molar-refractivity contribution < 1.29 is 23.5 Å². The normalized spacial score (nSPS) is 17.0. The van der Waals surface area contributed by atoms with Gasteiger partial charge in [0.05, 0.1) is 12.3 Å². The van der Waals surface area contributed by atoms with E-state index in [1.54, 1.807) is 24.3 Å². The summed E-state index contributed by atoms with van der Waals surface area (Å²) in [5.74, 6) is -2.70. The second kappa shape index (κ2) is 6.98. The summed E-state index contributed by atoms with van der Waals surface area (Å²) in [4.78, 5) is 23.8. The molecule has 1 heterocycles. The van der Waals surface area contributed by atoms with E-state index in [0.717, 1.165) is 4.90 Å². The predicted molar refractivity (Wildman–Crippen MR) is 87.7 cm³/mol. The van der Waals surface area contributed by atoms with Crippen LogP contribution >= 0.6 is 0 Å². The Labute approximate surface area is 142 Å². The number of hydrogen-bond acceptors (Lipinski definition) is 3. The molecule has 0 spiro atoms. The highest BCUT2D eigenvalue weighted by Crippen LogP contribution is 2.33. The summed E-state index contributed by atoms with van der Waals surface area (Å²) in [6, 6.07) is 8.57. The van der Waals surface area contributed by atoms with Gasteiger partial charge in [-0.25, -0.2) is 8.78 Å². The van der Waals surface area contributed by atoms with Gasteiger partial charge in [0.2, 0.25) is 12.3 Å². The third-order valence-electron chi connectivity index (χ3n) is 4.31. The lowest BCUT2D eigenvalue weighted by Crippen LogP contribution is -2.38. The zero-order valence-electron chi connectivity index (χ0n) is 13.2. The van der Waals surface area contributed by atoms with Crippen LogP contribution in [0.15, 0.2) is 36.4 Å². The minimum Gasteiger partial charge on any atom is -0.392 e. The number of rotatable bonds is 5. The number of nitrogens with one attached hydrogen (secondary N) is 1. The molecule has 3 rings (SSSR count). The quantitative estimate of drug-likeness (QED) is 0.814. The molecule has 2 amide bonds. The van der Waals surface area contributed by atoms with Gasteiger partial charge in [-0.2, -0.15) is 0 Å². The number of amides is 2. The van der Waals surface area contributed by atoms with Crippen molar-refractivity contribution in [2.45, 2.75) is 19.1 Å². The van der Waals surface area contributed by atoms with Gasteiger partial charge in [0.1, 0.15) is 6.04 Å². The van der Waals surface area contributed by atoms with Gasteiger partial charge in [0.25, 0.3) is 0 Å². The monoisotopic (exact) mass is 346 g/mol. The number of nitrogens with zero attached hydrogens (tertiary/aromatic N) is 1. The van der Waals surface area contributed by atoms with Gasteiger partial charge >= 0.3 is 0 Å². The van der Waals surface area contributed by atoms with Gasteiger partial charge in [-0.05, 0) is 29.7 Å². The predicted octanol–water partition coefficient (Wildman–Crippen LogP) is 1.98. The molecule has 2 N–H and O–H groups in total. The molecule has 1 saturated heterocycles. The summed E-state index contributed by atoms with van der Waals surface area (Å²) < 4.78 is 29.2. The topological polar surface area (TPSA) is 69.6 Å². The first-order valence-corrected chi connectivity index (χ1v) is 7.76. The Morgan fingerprint density at radius 3 is 2.64 bits per heavy atom. The van der Waals surface area contributed by atoms with E-state index in [-0.39, 0.29) is 24.4 Å². The molecule has 0 aliphatic carbocycles. The van der Waals surface area contributed by atoms with Crippen LogP contribution in [0.25, 0.3) is 11.1 Å². The van der Waals surface area contributed by atoms with Crippen LogP contribution in [0.3, 0.4) is 0 Å². The zero-order chi connectivity index (χ0) is 18.0. The van der Waals surface area contributed by atoms with E-state index in [2.05, 4.69) is 5.32 Å². The summed E-state index contributed by atoms with van der Waals surface area (Å²) in [6.45, 7) is -0.115. The van der Waals surface area contributed by atoms with E-state index < -0.39 is 23.6 Å². The average molecular weight is 346 g/mol. The first-order chi connectivity index (χ1) is 12.1. The smallest absolute Gasteiger partial charge is 0.249 e. The summed E-state index contributed by atoms with van der Waals surface area (Å²) in [7, 11) is 0. The largest absolute Gasteiger partial charge is 0.392 e. The fraction of sp³-hybridized carbons (Fsp3) is 0.222. The van der Waals surface area contributed by atoms with Crippen molar-refractivity contribution in [2.75, 3.05) is 11.4 Å². The highest BCUT2D eigenvalue weighted by atomic mass is 19.2. The Morgan fingerprint density at radius 1 is 1.16 bits per heavy atom. The third kappa shape index (κ3) is 2.98. The molecular formula is C18H16F2N2O3. The number of carbonyl (C=O) groups excluding carboxylic acids is 2. The standard InChI is InChI=1S/C18H16F2N2O3/c19-16-13(12-4-2-1-3-11(12)9-23)5-6-15(17(16)20)22-8-7-14(18(22)25)21-10-24/h1-6,10,14,23H,7-9H2,(H,21,24). The number of anilines is 1. The van der Waals surface area contributed by atoms with Crippen molar-refractivity contribution in [2.24, 2.45) is 0 Å². The minimum atomic E-state index is -1.13. The van der Waals surface area contributed by atoms with Gasteiger partial charge in [-0.1, -0.05) is 24.3 Å². The van der Waals surface area contributed by atoms with Crippen molar-refractivity contribution in [1.29, 1.82) is 0 Å². The maximum Gasteiger partial charge on any atom is 0.249 e. The third-order valence-corrected chi connectivity index (χ3v) is 4.31. The van der Waals surface area contributed by atoms with Crippen LogP contribution in [-0.2, 0) is 16.2 Å². The van der Waals surface area contributed by atoms with Gasteiger partial charge in [0, 0.05) is 12.1 Å². The molecule has 1 atom stereocenters. The number of carbonyl (C=O) groups is 2. The van der Waals surface area contributed by atoms with Crippen LogP contribution in [0.1, 0.15) is 12.0 Å². The Kier molecular flexibility index (Phi) is 4.76. The SMILES string of the molecule is O=CNC1CCN(c2ccc(-c3ccccc3CO)c(F)c2F)C1=O. The van der Waals surface area contributed by atoms with Crippen LogP contribution in [0, 0.1) is 11.6 Å². The van der Waals surface area contributed by atoms with Crippen LogP contribution in [0.4, 0.5) is 14.5 Å². The van der Waals surface area contributed by atoms with Gasteiger partial charge < -0.3 is 15.3 Å². The zero-order valence-corrected chi connectivity index (χ0v) is 13.2. The molecule has 2 aromatic carbocycles. The van der Waals surface area contributed by atoms with Crippen molar-refractivity contribution in [1.82, 2.24) is 5.32 Å². The Hall–Kier alpha value is -2.80. The molecule has 1 fully saturated rings. The number of aliphatic hydroxyl groups is 1. The molecule has 1 unspecified atom stereocenters. The molecular weight excluding hydrogens is 330 g/mol. The second-order valence-electron chi connectivity index (χ2n) is 5.69. The summed E-state index contributed by atoms with van der Waals surface area (Å²) in [5, 5.41) is 11.7. The molecule has 0 saturated carbocycles. The van der Waals surface area contributed by atoms with E-state index >= 15 is 0 Å². The highest BCUT2D eigenvalue weighted by molar-refractivity contribution is 6.00. The van der Waals surface area contributed by atoms with Gasteiger partial charge in [0.15, 0.2) is 11.6 Å². The Bertz CT molecular complexity index is 826. The number of benzene rings is 2. The number of aliphatic hydroxyl groups excluding tert-OH is 1. The van der Waals surface area contributed by atoms with E-state index in [1.807, 2.05) is 0 Å². The van der Waals surface area contributed by atoms with Crippen LogP contribution in [0.2, 0.25) is 0 Å². The maximum atomic E-state index is 14.6. The van der Waals surface area contributed by atoms with Gasteiger partial charge in [-0.3, -0.25) is 9.59 Å². The molecule has 130 valence electrons. The molecule has 1 aliphatic heterocycles. The molecule has 0 radical (unpaired) electrons. The van der Waals surface area contributed by atoms with E-state index in [4.69, 9.17) is 0 Å². The lowest BCUT2D eigenvalue weighted by molar-refractivity contribution is -0.121. The number of halogens is 2. The molecule has 0 aromatic heterocycles. The lowest BCUT2D eigenvalue weighted by Gasteiger charge is -2.19. The lowest BCUT2D eigenvalue weighted by atomic mass is 9.99. The van der Waals surface area contributed by atoms with Gasteiger partial charge in [-0.15, -0.1) is 0 Å². The second-order valence-corrected chi connectivity index (χ2v) is 5.69. The fourth-order valence-corrected chi connectivity index (χ4v) is 3.03. The summed E-state index contributed by atoms with van der Waals surface area (Å²) >= 11 is 0. The van der Waals surface area contributed by atoms with Crippen LogP contribution in [0.5, 0.6) is 0 Å². The highest BCUT2D eigenvalue weighted by Gasteiger charge is 2.34. The van der Waals surface area contributed by atoms with E-state index in [0.29, 0.717) is 24.0 Å². The molecule has 7 heteroatoms. The molecule has 1 aliphatic rings. The summed E-state index contributed by atoms with van der Waals surface area (Å²) in [6.07, 6.45) is 0.742. The fourth-order valence-electron chi connectivity index (χ4n) is 3.03. The minimum absolute atomic E-state index is 0.0140. The Morgan fingerprint density at radius 2 is 1.92 bits per heavy atom. The number of hydrogen-bond donors (Lipinski definition) is 2. The van der Waals surface area contributed by atoms with E-state index in [9.17, 15) is 23.5 Å². The molecule has 2 aromatic rings. The first-order valence-electron chi connectivity index (χ1n) is 7.76.